The van der Waals surface area contributed by atoms with Crippen LogP contribution in [0.25, 0.3) is 34.0 Å². The SMILES string of the molecule is CCOC(=O)CCCCCOc1ccc(-c2nc(-c3ccccc3)c(-c3ccccc3)o2)cc1. The van der Waals surface area contributed by atoms with E-state index in [1.54, 1.807) is 0 Å². The molecule has 0 radical (unpaired) electrons. The highest BCUT2D eigenvalue weighted by molar-refractivity contribution is 5.79. The second kappa shape index (κ2) is 11.8. The van der Waals surface area contributed by atoms with E-state index in [-0.39, 0.29) is 5.97 Å². The van der Waals surface area contributed by atoms with Crippen molar-refractivity contribution >= 4 is 5.97 Å². The van der Waals surface area contributed by atoms with Crippen molar-refractivity contribution < 1.29 is 18.7 Å². The highest BCUT2D eigenvalue weighted by Crippen LogP contribution is 2.36. The van der Waals surface area contributed by atoms with Gasteiger partial charge in [0.1, 0.15) is 11.4 Å². The molecule has 5 heteroatoms. The number of nitrogens with zero attached hydrogens (tertiary/aromatic N) is 1. The van der Waals surface area contributed by atoms with Crippen LogP contribution in [0, 0.1) is 0 Å². The summed E-state index contributed by atoms with van der Waals surface area (Å²) in [5, 5.41) is 0. The minimum Gasteiger partial charge on any atom is -0.494 e. The standard InChI is InChI=1S/C29H29NO4/c1-2-32-26(31)16-10-5-11-21-33-25-19-17-24(18-20-25)29-30-27(22-12-6-3-7-13-22)28(34-29)23-14-8-4-9-15-23/h3-4,6-9,12-15,17-20H,2,5,10-11,16,21H2,1H3. The number of unbranched alkanes of at least 4 members (excludes halogenated alkanes) is 2. The summed E-state index contributed by atoms with van der Waals surface area (Å²) >= 11 is 0. The van der Waals surface area contributed by atoms with Crippen molar-refractivity contribution in [3.63, 3.8) is 0 Å². The Labute approximate surface area is 200 Å². The summed E-state index contributed by atoms with van der Waals surface area (Å²) in [5.41, 5.74) is 3.72. The van der Waals surface area contributed by atoms with E-state index in [9.17, 15) is 4.79 Å². The highest BCUT2D eigenvalue weighted by atomic mass is 16.5. The van der Waals surface area contributed by atoms with Crippen LogP contribution in [0.3, 0.4) is 0 Å². The van der Waals surface area contributed by atoms with Gasteiger partial charge in [-0.15, -0.1) is 0 Å². The van der Waals surface area contributed by atoms with E-state index in [1.807, 2.05) is 91.9 Å². The first-order valence-corrected chi connectivity index (χ1v) is 11.7. The number of rotatable bonds is 11. The molecule has 0 aliphatic carbocycles. The van der Waals surface area contributed by atoms with Crippen molar-refractivity contribution in [3.05, 3.63) is 84.9 Å². The fourth-order valence-corrected chi connectivity index (χ4v) is 3.69. The molecular formula is C29H29NO4. The van der Waals surface area contributed by atoms with Gasteiger partial charge >= 0.3 is 5.97 Å². The van der Waals surface area contributed by atoms with Gasteiger partial charge in [-0.25, -0.2) is 4.98 Å². The van der Waals surface area contributed by atoms with Crippen molar-refractivity contribution in [1.29, 1.82) is 0 Å². The lowest BCUT2D eigenvalue weighted by molar-refractivity contribution is -0.143. The summed E-state index contributed by atoms with van der Waals surface area (Å²) in [6.07, 6.45) is 3.10. The summed E-state index contributed by atoms with van der Waals surface area (Å²) in [4.78, 5) is 16.2. The lowest BCUT2D eigenvalue weighted by atomic mass is 10.1. The van der Waals surface area contributed by atoms with E-state index in [4.69, 9.17) is 18.9 Å². The Hall–Kier alpha value is -3.86. The molecule has 0 aliphatic rings. The zero-order chi connectivity index (χ0) is 23.6. The number of benzene rings is 3. The average molecular weight is 456 g/mol. The van der Waals surface area contributed by atoms with Crippen LogP contribution in [0.5, 0.6) is 5.75 Å². The largest absolute Gasteiger partial charge is 0.494 e. The molecule has 0 amide bonds. The number of esters is 1. The van der Waals surface area contributed by atoms with Gasteiger partial charge in [0.2, 0.25) is 5.89 Å². The first-order valence-electron chi connectivity index (χ1n) is 11.7. The fraction of sp³-hybridized carbons (Fsp3) is 0.241. The normalized spacial score (nSPS) is 10.7. The van der Waals surface area contributed by atoms with Gasteiger partial charge in [-0.05, 0) is 50.5 Å². The monoisotopic (exact) mass is 455 g/mol. The summed E-state index contributed by atoms with van der Waals surface area (Å²) in [6, 6.07) is 27.9. The predicted molar refractivity (Wildman–Crippen MR) is 133 cm³/mol. The van der Waals surface area contributed by atoms with Crippen molar-refractivity contribution in [3.8, 4) is 39.8 Å². The number of hydrogen-bond donors (Lipinski definition) is 0. The second-order valence-electron chi connectivity index (χ2n) is 7.92. The molecule has 0 N–H and O–H groups in total. The van der Waals surface area contributed by atoms with Crippen LogP contribution < -0.4 is 4.74 Å². The summed E-state index contributed by atoms with van der Waals surface area (Å²) in [5.74, 6) is 2.00. The number of hydrogen-bond acceptors (Lipinski definition) is 5. The first-order chi connectivity index (χ1) is 16.7. The third-order valence-corrected chi connectivity index (χ3v) is 5.41. The Morgan fingerprint density at radius 1 is 0.794 bits per heavy atom. The number of ether oxygens (including phenoxy) is 2. The molecular weight excluding hydrogens is 426 g/mol. The summed E-state index contributed by atoms with van der Waals surface area (Å²) in [7, 11) is 0. The first kappa shape index (κ1) is 23.3. The van der Waals surface area contributed by atoms with Crippen LogP contribution in [0.2, 0.25) is 0 Å². The smallest absolute Gasteiger partial charge is 0.305 e. The minimum absolute atomic E-state index is 0.128. The van der Waals surface area contributed by atoms with Crippen molar-refractivity contribution in [2.24, 2.45) is 0 Å². The maximum absolute atomic E-state index is 11.4. The molecule has 3 aromatic carbocycles. The molecule has 1 heterocycles. The van der Waals surface area contributed by atoms with E-state index in [0.29, 0.717) is 25.5 Å². The van der Waals surface area contributed by atoms with E-state index in [0.717, 1.165) is 53.2 Å². The lowest BCUT2D eigenvalue weighted by Gasteiger charge is -2.06. The zero-order valence-electron chi connectivity index (χ0n) is 19.4. The summed E-state index contributed by atoms with van der Waals surface area (Å²) in [6.45, 7) is 2.87. The maximum atomic E-state index is 11.4. The number of oxazole rings is 1. The topological polar surface area (TPSA) is 61.6 Å². The third kappa shape index (κ3) is 6.13. The van der Waals surface area contributed by atoms with Gasteiger partial charge in [-0.3, -0.25) is 4.79 Å². The van der Waals surface area contributed by atoms with Crippen LogP contribution in [0.1, 0.15) is 32.6 Å². The Balaban J connectivity index is 1.41. The van der Waals surface area contributed by atoms with Gasteiger partial charge in [-0.1, -0.05) is 60.7 Å². The molecule has 0 spiro atoms. The molecule has 0 saturated heterocycles. The average Bonchev–Trinajstić information content (AvgIpc) is 3.33. The van der Waals surface area contributed by atoms with Crippen molar-refractivity contribution in [2.45, 2.75) is 32.6 Å². The van der Waals surface area contributed by atoms with Crippen molar-refractivity contribution in [2.75, 3.05) is 13.2 Å². The van der Waals surface area contributed by atoms with E-state index in [1.165, 1.54) is 0 Å². The maximum Gasteiger partial charge on any atom is 0.305 e. The molecule has 0 unspecified atom stereocenters. The van der Waals surface area contributed by atoms with Crippen LogP contribution in [0.4, 0.5) is 0 Å². The molecule has 5 nitrogen and oxygen atoms in total. The van der Waals surface area contributed by atoms with Gasteiger partial charge in [-0.2, -0.15) is 0 Å². The van der Waals surface area contributed by atoms with E-state index in [2.05, 4.69) is 0 Å². The van der Waals surface area contributed by atoms with Crippen LogP contribution in [0.15, 0.2) is 89.3 Å². The Bertz CT molecular complexity index is 1110. The van der Waals surface area contributed by atoms with E-state index < -0.39 is 0 Å². The fourth-order valence-electron chi connectivity index (χ4n) is 3.69. The number of carbonyl (C=O) groups excluding carboxylic acids is 1. The minimum atomic E-state index is -0.128. The predicted octanol–water partition coefficient (Wildman–Crippen LogP) is 7.18. The second-order valence-corrected chi connectivity index (χ2v) is 7.92. The molecule has 1 aromatic heterocycles. The molecule has 4 aromatic rings. The molecule has 0 saturated carbocycles. The number of carbonyl (C=O) groups is 1. The van der Waals surface area contributed by atoms with Crippen LogP contribution in [-0.4, -0.2) is 24.2 Å². The molecule has 0 aliphatic heterocycles. The van der Waals surface area contributed by atoms with Crippen LogP contribution >= 0.6 is 0 Å². The molecule has 0 bridgehead atoms. The molecule has 34 heavy (non-hydrogen) atoms. The quantitative estimate of drug-likeness (QED) is 0.177. The van der Waals surface area contributed by atoms with Crippen molar-refractivity contribution in [1.82, 2.24) is 4.98 Å². The zero-order valence-corrected chi connectivity index (χ0v) is 19.4. The van der Waals surface area contributed by atoms with Crippen LogP contribution in [-0.2, 0) is 9.53 Å². The summed E-state index contributed by atoms with van der Waals surface area (Å²) < 4.78 is 17.0. The van der Waals surface area contributed by atoms with Gasteiger partial charge < -0.3 is 13.9 Å². The Morgan fingerprint density at radius 2 is 1.47 bits per heavy atom. The van der Waals surface area contributed by atoms with Gasteiger partial charge in [0, 0.05) is 23.1 Å². The third-order valence-electron chi connectivity index (χ3n) is 5.41. The van der Waals surface area contributed by atoms with Gasteiger partial charge in [0.25, 0.3) is 0 Å². The number of aromatic nitrogens is 1. The van der Waals surface area contributed by atoms with Gasteiger partial charge in [0.15, 0.2) is 5.76 Å². The Morgan fingerprint density at radius 3 is 2.15 bits per heavy atom. The van der Waals surface area contributed by atoms with Gasteiger partial charge in [0.05, 0.1) is 13.2 Å². The molecule has 4 rings (SSSR count). The lowest BCUT2D eigenvalue weighted by Crippen LogP contribution is -2.04. The molecule has 0 fully saturated rings. The molecule has 174 valence electrons. The molecule has 0 atom stereocenters. The van der Waals surface area contributed by atoms with E-state index >= 15 is 0 Å². The highest BCUT2D eigenvalue weighted by Gasteiger charge is 2.17. The Kier molecular flexibility index (Phi) is 8.12.